The SMILES string of the molecule is O=C(O)C1CC(OCCOc2cc3c(cc2-c2cc(=O)c4cccc(Cl)c4o2)OC(F)(F)O3)C1. The highest BCUT2D eigenvalue weighted by atomic mass is 35.5. The summed E-state index contributed by atoms with van der Waals surface area (Å²) in [6, 6.07) is 8.38. The third-order valence-corrected chi connectivity index (χ3v) is 5.91. The molecule has 0 radical (unpaired) electrons. The van der Waals surface area contributed by atoms with E-state index in [1.807, 2.05) is 0 Å². The molecule has 2 heterocycles. The lowest BCUT2D eigenvalue weighted by Gasteiger charge is -2.32. The van der Waals surface area contributed by atoms with Crippen molar-refractivity contribution in [3.8, 4) is 28.6 Å². The van der Waals surface area contributed by atoms with Crippen molar-refractivity contribution < 1.29 is 42.0 Å². The van der Waals surface area contributed by atoms with Gasteiger partial charge in [-0.05, 0) is 31.0 Å². The van der Waals surface area contributed by atoms with E-state index in [-0.39, 0.29) is 69.3 Å². The summed E-state index contributed by atoms with van der Waals surface area (Å²) in [6.45, 7) is 0.157. The van der Waals surface area contributed by atoms with Crippen molar-refractivity contribution in [2.45, 2.75) is 25.2 Å². The van der Waals surface area contributed by atoms with Crippen LogP contribution in [-0.2, 0) is 9.53 Å². The topological polar surface area (TPSA) is 104 Å². The lowest BCUT2D eigenvalue weighted by atomic mass is 9.82. The van der Waals surface area contributed by atoms with E-state index in [4.69, 9.17) is 30.6 Å². The molecule has 1 aromatic heterocycles. The van der Waals surface area contributed by atoms with Crippen LogP contribution in [0.3, 0.4) is 0 Å². The maximum atomic E-state index is 13.6. The molecule has 8 nitrogen and oxygen atoms in total. The fraction of sp³-hybridized carbons (Fsp3) is 0.304. The molecule has 2 aromatic carbocycles. The molecule has 2 aliphatic rings. The summed E-state index contributed by atoms with van der Waals surface area (Å²) in [6.07, 6.45) is -3.19. The van der Waals surface area contributed by atoms with Crippen molar-refractivity contribution in [1.82, 2.24) is 0 Å². The standard InChI is InChI=1S/C23H17ClF2O8/c24-15-3-1-2-13-16(27)9-18(32-21(13)15)14-8-19-20(34-23(25,26)33-19)10-17(14)31-5-4-30-12-6-11(7-12)22(28)29/h1-3,8-12H,4-7H2,(H,28,29). The van der Waals surface area contributed by atoms with Crippen molar-refractivity contribution in [2.75, 3.05) is 13.2 Å². The van der Waals surface area contributed by atoms with E-state index in [1.54, 1.807) is 18.2 Å². The maximum Gasteiger partial charge on any atom is 0.586 e. The minimum absolute atomic E-state index is 0.0237. The number of para-hydroxylation sites is 1. The highest BCUT2D eigenvalue weighted by Crippen LogP contribution is 2.47. The fourth-order valence-corrected chi connectivity index (χ4v) is 4.05. The molecule has 0 atom stereocenters. The summed E-state index contributed by atoms with van der Waals surface area (Å²) < 4.78 is 53.4. The molecule has 1 N–H and O–H groups in total. The Hall–Kier alpha value is -3.37. The molecule has 0 saturated heterocycles. The first-order chi connectivity index (χ1) is 16.2. The molecule has 11 heteroatoms. The van der Waals surface area contributed by atoms with E-state index < -0.39 is 18.2 Å². The number of ether oxygens (including phenoxy) is 4. The number of benzene rings is 2. The minimum Gasteiger partial charge on any atom is -0.490 e. The molecule has 0 amide bonds. The third kappa shape index (κ3) is 4.26. The molecule has 3 aromatic rings. The average molecular weight is 495 g/mol. The largest absolute Gasteiger partial charge is 0.586 e. The molecule has 1 fully saturated rings. The smallest absolute Gasteiger partial charge is 0.490 e. The van der Waals surface area contributed by atoms with Gasteiger partial charge >= 0.3 is 12.3 Å². The Balaban J connectivity index is 1.42. The van der Waals surface area contributed by atoms with Gasteiger partial charge < -0.3 is 28.5 Å². The number of alkyl halides is 2. The second kappa shape index (κ2) is 8.44. The number of rotatable bonds is 7. The van der Waals surface area contributed by atoms with Crippen LogP contribution in [0.15, 0.2) is 45.6 Å². The van der Waals surface area contributed by atoms with Gasteiger partial charge in [-0.1, -0.05) is 17.7 Å². The molecule has 0 bridgehead atoms. The van der Waals surface area contributed by atoms with Crippen LogP contribution in [0.25, 0.3) is 22.3 Å². The van der Waals surface area contributed by atoms with Gasteiger partial charge in [0.25, 0.3) is 0 Å². The van der Waals surface area contributed by atoms with E-state index in [0.29, 0.717) is 12.8 Å². The van der Waals surface area contributed by atoms with Crippen LogP contribution in [0.5, 0.6) is 17.2 Å². The highest BCUT2D eigenvalue weighted by Gasteiger charge is 2.44. The Bertz CT molecular complexity index is 1330. The van der Waals surface area contributed by atoms with Crippen LogP contribution in [0.2, 0.25) is 5.02 Å². The maximum absolute atomic E-state index is 13.6. The molecule has 1 saturated carbocycles. The summed E-state index contributed by atoms with van der Waals surface area (Å²) in [5.74, 6) is -1.62. The van der Waals surface area contributed by atoms with Crippen LogP contribution in [0.1, 0.15) is 12.8 Å². The number of carbonyl (C=O) groups is 1. The first-order valence-corrected chi connectivity index (χ1v) is 10.7. The van der Waals surface area contributed by atoms with Crippen molar-refractivity contribution in [2.24, 2.45) is 5.92 Å². The monoisotopic (exact) mass is 494 g/mol. The normalized spacial score (nSPS) is 20.2. The van der Waals surface area contributed by atoms with Crippen LogP contribution in [-0.4, -0.2) is 36.7 Å². The van der Waals surface area contributed by atoms with Gasteiger partial charge in [0.15, 0.2) is 22.5 Å². The van der Waals surface area contributed by atoms with E-state index in [0.717, 1.165) is 0 Å². The Morgan fingerprint density at radius 2 is 1.88 bits per heavy atom. The number of hydrogen-bond acceptors (Lipinski definition) is 7. The molecule has 0 unspecified atom stereocenters. The van der Waals surface area contributed by atoms with Crippen molar-refractivity contribution in [3.05, 3.63) is 51.6 Å². The second-order valence-electron chi connectivity index (χ2n) is 7.90. The molecular formula is C23H17ClF2O8. The zero-order chi connectivity index (χ0) is 24.0. The Morgan fingerprint density at radius 3 is 2.62 bits per heavy atom. The summed E-state index contributed by atoms with van der Waals surface area (Å²) in [4.78, 5) is 23.5. The van der Waals surface area contributed by atoms with E-state index in [9.17, 15) is 18.4 Å². The van der Waals surface area contributed by atoms with Gasteiger partial charge in [-0.25, -0.2) is 0 Å². The predicted octanol–water partition coefficient (Wildman–Crippen LogP) is 4.69. The minimum atomic E-state index is -3.85. The number of hydrogen-bond donors (Lipinski definition) is 1. The molecule has 178 valence electrons. The second-order valence-corrected chi connectivity index (χ2v) is 8.31. The average Bonchev–Trinajstić information content (AvgIpc) is 3.04. The number of carboxylic acid groups (broad SMARTS) is 1. The van der Waals surface area contributed by atoms with Crippen LogP contribution < -0.4 is 19.6 Å². The number of aliphatic carboxylic acids is 1. The molecule has 0 spiro atoms. The lowest BCUT2D eigenvalue weighted by molar-refractivity contribution is -0.286. The fourth-order valence-electron chi connectivity index (χ4n) is 3.83. The van der Waals surface area contributed by atoms with Gasteiger partial charge in [-0.2, -0.15) is 0 Å². The van der Waals surface area contributed by atoms with Crippen molar-refractivity contribution >= 4 is 28.5 Å². The molecule has 5 rings (SSSR count). The van der Waals surface area contributed by atoms with Gasteiger partial charge in [0.05, 0.1) is 34.6 Å². The summed E-state index contributed by atoms with van der Waals surface area (Å²) in [7, 11) is 0. The zero-order valence-electron chi connectivity index (χ0n) is 17.4. The Kier molecular flexibility index (Phi) is 5.57. The summed E-state index contributed by atoms with van der Waals surface area (Å²) >= 11 is 6.18. The van der Waals surface area contributed by atoms with Gasteiger partial charge in [0, 0.05) is 12.1 Å². The van der Waals surface area contributed by atoms with Crippen molar-refractivity contribution in [3.63, 3.8) is 0 Å². The number of fused-ring (bicyclic) bond motifs is 2. The Morgan fingerprint density at radius 1 is 1.15 bits per heavy atom. The van der Waals surface area contributed by atoms with E-state index in [2.05, 4.69) is 9.47 Å². The first kappa shape index (κ1) is 22.4. The molecular weight excluding hydrogens is 478 g/mol. The van der Waals surface area contributed by atoms with E-state index >= 15 is 0 Å². The highest BCUT2D eigenvalue weighted by molar-refractivity contribution is 6.34. The quantitative estimate of drug-likeness (QED) is 0.472. The predicted molar refractivity (Wildman–Crippen MR) is 115 cm³/mol. The first-order valence-electron chi connectivity index (χ1n) is 10.3. The lowest BCUT2D eigenvalue weighted by Crippen LogP contribution is -2.37. The van der Waals surface area contributed by atoms with Crippen molar-refractivity contribution in [1.29, 1.82) is 0 Å². The molecule has 1 aliphatic carbocycles. The number of halogens is 3. The molecule has 1 aliphatic heterocycles. The van der Waals surface area contributed by atoms with E-state index in [1.165, 1.54) is 18.2 Å². The summed E-state index contributed by atoms with van der Waals surface area (Å²) in [5.41, 5.74) is -0.0653. The van der Waals surface area contributed by atoms with Gasteiger partial charge in [-0.3, -0.25) is 9.59 Å². The van der Waals surface area contributed by atoms with Gasteiger partial charge in [-0.15, -0.1) is 8.78 Å². The van der Waals surface area contributed by atoms with Gasteiger partial charge in [0.2, 0.25) is 0 Å². The number of carboxylic acids is 1. The van der Waals surface area contributed by atoms with Gasteiger partial charge in [0.1, 0.15) is 18.1 Å². The Labute approximate surface area is 195 Å². The molecule has 34 heavy (non-hydrogen) atoms. The zero-order valence-corrected chi connectivity index (χ0v) is 18.1. The summed E-state index contributed by atoms with van der Waals surface area (Å²) in [5, 5.41) is 9.40. The van der Waals surface area contributed by atoms with Crippen LogP contribution >= 0.6 is 11.6 Å². The van der Waals surface area contributed by atoms with Crippen LogP contribution in [0.4, 0.5) is 8.78 Å². The van der Waals surface area contributed by atoms with Crippen LogP contribution in [0, 0.1) is 5.92 Å². The third-order valence-electron chi connectivity index (χ3n) is 5.61.